The maximum atomic E-state index is 13.3. The van der Waals surface area contributed by atoms with Crippen molar-refractivity contribution in [1.82, 2.24) is 5.32 Å². The van der Waals surface area contributed by atoms with Gasteiger partial charge in [0.2, 0.25) is 0 Å². The molecule has 13 heavy (non-hydrogen) atoms. The van der Waals surface area contributed by atoms with Crippen molar-refractivity contribution >= 4 is 0 Å². The van der Waals surface area contributed by atoms with E-state index in [1.165, 1.54) is 5.56 Å². The number of aryl methyl sites for hydroxylation is 1. The first-order valence-corrected chi connectivity index (χ1v) is 4.71. The fraction of sp³-hybridized carbons (Fsp3) is 0.455. The van der Waals surface area contributed by atoms with E-state index in [0.29, 0.717) is 6.04 Å². The molecular formula is C11H14FN. The number of rotatable bonds is 0. The normalized spacial score (nSPS) is 21.3. The molecule has 70 valence electrons. The van der Waals surface area contributed by atoms with Crippen molar-refractivity contribution in [3.63, 3.8) is 0 Å². The molecule has 0 fully saturated rings. The third-order valence-corrected chi connectivity index (χ3v) is 2.73. The lowest BCUT2D eigenvalue weighted by atomic mass is 9.93. The van der Waals surface area contributed by atoms with E-state index in [1.54, 1.807) is 6.07 Å². The second-order valence-corrected chi connectivity index (χ2v) is 3.73. The van der Waals surface area contributed by atoms with Gasteiger partial charge in [-0.15, -0.1) is 0 Å². The summed E-state index contributed by atoms with van der Waals surface area (Å²) < 4.78 is 13.3. The van der Waals surface area contributed by atoms with E-state index in [-0.39, 0.29) is 5.82 Å². The molecule has 0 spiro atoms. The van der Waals surface area contributed by atoms with Crippen molar-refractivity contribution in [3.05, 3.63) is 34.6 Å². The Morgan fingerprint density at radius 2 is 2.23 bits per heavy atom. The van der Waals surface area contributed by atoms with E-state index in [2.05, 4.69) is 12.2 Å². The molecular weight excluding hydrogens is 165 g/mol. The largest absolute Gasteiger partial charge is 0.310 e. The van der Waals surface area contributed by atoms with Gasteiger partial charge in [0.25, 0.3) is 0 Å². The quantitative estimate of drug-likeness (QED) is 0.644. The first kappa shape index (κ1) is 8.70. The number of hydrogen-bond acceptors (Lipinski definition) is 1. The number of hydrogen-bond donors (Lipinski definition) is 1. The maximum absolute atomic E-state index is 13.3. The third-order valence-electron chi connectivity index (χ3n) is 2.73. The lowest BCUT2D eigenvalue weighted by molar-refractivity contribution is 0.530. The fourth-order valence-electron chi connectivity index (χ4n) is 1.91. The molecule has 0 saturated carbocycles. The summed E-state index contributed by atoms with van der Waals surface area (Å²) >= 11 is 0. The highest BCUT2D eigenvalue weighted by Crippen LogP contribution is 2.24. The Hall–Kier alpha value is -0.890. The Bertz CT molecular complexity index is 333. The average Bonchev–Trinajstić information content (AvgIpc) is 2.09. The first-order chi connectivity index (χ1) is 6.18. The van der Waals surface area contributed by atoms with Gasteiger partial charge in [0.1, 0.15) is 5.82 Å². The third kappa shape index (κ3) is 1.46. The summed E-state index contributed by atoms with van der Waals surface area (Å²) in [5.41, 5.74) is 3.17. The molecule has 1 aromatic rings. The number of halogens is 1. The van der Waals surface area contributed by atoms with Crippen LogP contribution in [0, 0.1) is 12.7 Å². The highest BCUT2D eigenvalue weighted by atomic mass is 19.1. The van der Waals surface area contributed by atoms with Gasteiger partial charge >= 0.3 is 0 Å². The van der Waals surface area contributed by atoms with Crippen LogP contribution in [0.4, 0.5) is 4.39 Å². The van der Waals surface area contributed by atoms with Gasteiger partial charge in [0.05, 0.1) is 0 Å². The molecule has 0 bridgehead atoms. The standard InChI is InChI=1S/C11H14FN/c1-7-5-9-3-4-13-8(2)10(9)6-11(7)12/h5-6,8,13H,3-4H2,1-2H3. The summed E-state index contributed by atoms with van der Waals surface area (Å²) in [6, 6.07) is 3.93. The Morgan fingerprint density at radius 1 is 1.46 bits per heavy atom. The summed E-state index contributed by atoms with van der Waals surface area (Å²) in [6.45, 7) is 4.90. The van der Waals surface area contributed by atoms with Gasteiger partial charge in [0, 0.05) is 6.04 Å². The molecule has 2 heteroatoms. The van der Waals surface area contributed by atoms with Gasteiger partial charge in [-0.25, -0.2) is 4.39 Å². The second-order valence-electron chi connectivity index (χ2n) is 3.73. The predicted octanol–water partition coefficient (Wildman–Crippen LogP) is 2.34. The topological polar surface area (TPSA) is 12.0 Å². The van der Waals surface area contributed by atoms with Crippen LogP contribution in [0.2, 0.25) is 0 Å². The molecule has 1 unspecified atom stereocenters. The van der Waals surface area contributed by atoms with Crippen LogP contribution in [0.3, 0.4) is 0 Å². The summed E-state index contributed by atoms with van der Waals surface area (Å²) in [5, 5.41) is 3.32. The molecule has 1 aliphatic rings. The van der Waals surface area contributed by atoms with Crippen LogP contribution in [0.1, 0.15) is 29.7 Å². The minimum Gasteiger partial charge on any atom is -0.310 e. The van der Waals surface area contributed by atoms with Crippen molar-refractivity contribution in [2.45, 2.75) is 26.3 Å². The fourth-order valence-corrected chi connectivity index (χ4v) is 1.91. The van der Waals surface area contributed by atoms with Gasteiger partial charge in [-0.1, -0.05) is 6.07 Å². The van der Waals surface area contributed by atoms with E-state index >= 15 is 0 Å². The Balaban J connectivity index is 2.52. The molecule has 1 atom stereocenters. The van der Waals surface area contributed by atoms with Crippen molar-refractivity contribution < 1.29 is 4.39 Å². The van der Waals surface area contributed by atoms with Gasteiger partial charge in [-0.05, 0) is 49.6 Å². The summed E-state index contributed by atoms with van der Waals surface area (Å²) in [5.74, 6) is -0.0886. The molecule has 1 nitrogen and oxygen atoms in total. The monoisotopic (exact) mass is 179 g/mol. The molecule has 0 saturated heterocycles. The van der Waals surface area contributed by atoms with Crippen LogP contribution in [0.15, 0.2) is 12.1 Å². The predicted molar refractivity (Wildman–Crippen MR) is 51.3 cm³/mol. The Kier molecular flexibility index (Phi) is 2.08. The molecule has 1 heterocycles. The minimum atomic E-state index is -0.0886. The zero-order chi connectivity index (χ0) is 9.42. The van der Waals surface area contributed by atoms with E-state index in [0.717, 1.165) is 24.1 Å². The SMILES string of the molecule is Cc1cc2c(cc1F)C(C)NCC2. The van der Waals surface area contributed by atoms with Crippen LogP contribution in [-0.4, -0.2) is 6.54 Å². The lowest BCUT2D eigenvalue weighted by Gasteiger charge is -2.24. The molecule has 0 radical (unpaired) electrons. The Labute approximate surface area is 78.0 Å². The van der Waals surface area contributed by atoms with Crippen molar-refractivity contribution in [1.29, 1.82) is 0 Å². The molecule has 1 aromatic carbocycles. The smallest absolute Gasteiger partial charge is 0.126 e. The van der Waals surface area contributed by atoms with Gasteiger partial charge < -0.3 is 5.32 Å². The summed E-state index contributed by atoms with van der Waals surface area (Å²) in [7, 11) is 0. The van der Waals surface area contributed by atoms with E-state index in [9.17, 15) is 4.39 Å². The zero-order valence-corrected chi connectivity index (χ0v) is 8.02. The Morgan fingerprint density at radius 3 is 3.00 bits per heavy atom. The van der Waals surface area contributed by atoms with Gasteiger partial charge in [-0.2, -0.15) is 0 Å². The minimum absolute atomic E-state index is 0.0886. The summed E-state index contributed by atoms with van der Waals surface area (Å²) in [6.07, 6.45) is 1.01. The van der Waals surface area contributed by atoms with Crippen molar-refractivity contribution in [3.8, 4) is 0 Å². The highest BCUT2D eigenvalue weighted by Gasteiger charge is 2.16. The van der Waals surface area contributed by atoms with Crippen molar-refractivity contribution in [2.24, 2.45) is 0 Å². The van der Waals surface area contributed by atoms with E-state index in [4.69, 9.17) is 0 Å². The lowest BCUT2D eigenvalue weighted by Crippen LogP contribution is -2.28. The summed E-state index contributed by atoms with van der Waals surface area (Å²) in [4.78, 5) is 0. The molecule has 0 aromatic heterocycles. The van der Waals surface area contributed by atoms with Crippen LogP contribution in [0.5, 0.6) is 0 Å². The van der Waals surface area contributed by atoms with Crippen molar-refractivity contribution in [2.75, 3.05) is 6.54 Å². The maximum Gasteiger partial charge on any atom is 0.126 e. The van der Waals surface area contributed by atoms with Crippen LogP contribution < -0.4 is 5.32 Å². The van der Waals surface area contributed by atoms with E-state index in [1.807, 2.05) is 13.0 Å². The zero-order valence-electron chi connectivity index (χ0n) is 8.02. The molecule has 0 amide bonds. The van der Waals surface area contributed by atoms with E-state index < -0.39 is 0 Å². The molecule has 1 aliphatic heterocycles. The van der Waals surface area contributed by atoms with Crippen LogP contribution >= 0.6 is 0 Å². The molecule has 0 aliphatic carbocycles. The van der Waals surface area contributed by atoms with Gasteiger partial charge in [-0.3, -0.25) is 0 Å². The molecule has 2 rings (SSSR count). The van der Waals surface area contributed by atoms with Crippen LogP contribution in [0.25, 0.3) is 0 Å². The molecule has 1 N–H and O–H groups in total. The van der Waals surface area contributed by atoms with Crippen LogP contribution in [-0.2, 0) is 6.42 Å². The highest BCUT2D eigenvalue weighted by molar-refractivity contribution is 5.36. The van der Waals surface area contributed by atoms with Gasteiger partial charge in [0.15, 0.2) is 0 Å². The number of nitrogens with one attached hydrogen (secondary N) is 1. The average molecular weight is 179 g/mol. The second kappa shape index (κ2) is 3.11. The number of fused-ring (bicyclic) bond motifs is 1. The number of benzene rings is 1. The first-order valence-electron chi connectivity index (χ1n) is 4.71.